The van der Waals surface area contributed by atoms with Crippen molar-refractivity contribution < 1.29 is 4.74 Å². The molecule has 5 nitrogen and oxygen atoms in total. The lowest BCUT2D eigenvalue weighted by Crippen LogP contribution is -2.37. The van der Waals surface area contributed by atoms with Gasteiger partial charge in [-0.3, -0.25) is 4.90 Å². The number of hydrogen-bond acceptors (Lipinski definition) is 5. The van der Waals surface area contributed by atoms with Crippen molar-refractivity contribution in [3.05, 3.63) is 76.7 Å². The number of benzene rings is 2. The number of aromatic nitrogens is 2. The summed E-state index contributed by atoms with van der Waals surface area (Å²) in [5.41, 5.74) is 4.57. The molecule has 1 saturated heterocycles. The largest absolute Gasteiger partial charge is 0.368 e. The first kappa shape index (κ1) is 20.0. The van der Waals surface area contributed by atoms with E-state index in [0.717, 1.165) is 48.0 Å². The molecule has 0 N–H and O–H groups in total. The highest BCUT2D eigenvalue weighted by Gasteiger charge is 2.25. The summed E-state index contributed by atoms with van der Waals surface area (Å²) in [5.74, 6) is 0. The molecule has 0 saturated carbocycles. The van der Waals surface area contributed by atoms with Crippen LogP contribution in [0.25, 0.3) is 22.2 Å². The molecule has 2 aromatic carbocycles. The van der Waals surface area contributed by atoms with E-state index in [-0.39, 0.29) is 6.10 Å². The Morgan fingerprint density at radius 2 is 1.97 bits per heavy atom. The minimum absolute atomic E-state index is 0.00292. The van der Waals surface area contributed by atoms with Gasteiger partial charge in [-0.05, 0) is 11.6 Å². The normalized spacial score (nSPS) is 17.1. The summed E-state index contributed by atoms with van der Waals surface area (Å²) in [6.45, 7) is 4.14. The molecule has 0 aliphatic carbocycles. The number of fused-ring (bicyclic) bond motifs is 1. The summed E-state index contributed by atoms with van der Waals surface area (Å²) in [7, 11) is 0. The van der Waals surface area contributed by atoms with E-state index in [1.54, 1.807) is 11.3 Å². The van der Waals surface area contributed by atoms with Crippen molar-refractivity contribution in [3.63, 3.8) is 0 Å². The van der Waals surface area contributed by atoms with E-state index < -0.39 is 0 Å². The summed E-state index contributed by atoms with van der Waals surface area (Å²) < 4.78 is 8.25. The van der Waals surface area contributed by atoms with Gasteiger partial charge in [-0.15, -0.1) is 11.3 Å². The highest BCUT2D eigenvalue weighted by molar-refractivity contribution is 7.10. The topological polar surface area (TPSA) is 54.1 Å². The molecule has 0 bridgehead atoms. The third-order valence-corrected chi connectivity index (χ3v) is 6.66. The van der Waals surface area contributed by atoms with Gasteiger partial charge in [-0.25, -0.2) is 4.98 Å². The number of hydrogen-bond donors (Lipinski definition) is 0. The second kappa shape index (κ2) is 9.03. The Morgan fingerprint density at radius 1 is 1.13 bits per heavy atom. The second-order valence-electron chi connectivity index (χ2n) is 7.81. The van der Waals surface area contributed by atoms with Crippen molar-refractivity contribution in [2.75, 3.05) is 19.7 Å². The summed E-state index contributed by atoms with van der Waals surface area (Å²) >= 11 is 1.67. The van der Waals surface area contributed by atoms with E-state index in [1.807, 2.05) is 6.07 Å². The number of morpholine rings is 1. The van der Waals surface area contributed by atoms with Crippen LogP contribution in [0.4, 0.5) is 0 Å². The monoisotopic (exact) mass is 428 g/mol. The van der Waals surface area contributed by atoms with E-state index >= 15 is 0 Å². The molecule has 1 unspecified atom stereocenters. The van der Waals surface area contributed by atoms with Gasteiger partial charge in [-0.2, -0.15) is 5.26 Å². The Morgan fingerprint density at radius 3 is 2.84 bits per heavy atom. The number of ether oxygens (including phenoxy) is 1. The molecule has 2 aromatic heterocycles. The van der Waals surface area contributed by atoms with Crippen LogP contribution in [-0.2, 0) is 17.8 Å². The maximum atomic E-state index is 8.99. The smallest absolute Gasteiger partial charge is 0.124 e. The van der Waals surface area contributed by atoms with Gasteiger partial charge in [-0.1, -0.05) is 48.5 Å². The van der Waals surface area contributed by atoms with Crippen LogP contribution in [0.2, 0.25) is 0 Å². The van der Waals surface area contributed by atoms with Gasteiger partial charge < -0.3 is 9.30 Å². The lowest BCUT2D eigenvalue weighted by molar-refractivity contribution is -0.0329. The van der Waals surface area contributed by atoms with Crippen LogP contribution in [0.5, 0.6) is 0 Å². The number of nitriles is 1. The third kappa shape index (κ3) is 4.26. The van der Waals surface area contributed by atoms with Crippen molar-refractivity contribution in [3.8, 4) is 17.3 Å². The molecular formula is C25H24N4OS. The number of thiazole rings is 1. The molecule has 6 heteroatoms. The Bertz CT molecular complexity index is 1210. The maximum Gasteiger partial charge on any atom is 0.124 e. The quantitative estimate of drug-likeness (QED) is 0.421. The molecule has 1 aliphatic rings. The van der Waals surface area contributed by atoms with Crippen LogP contribution in [0.3, 0.4) is 0 Å². The Kier molecular flexibility index (Phi) is 5.81. The van der Waals surface area contributed by atoms with Crippen molar-refractivity contribution in [1.82, 2.24) is 14.5 Å². The average molecular weight is 429 g/mol. The highest BCUT2D eigenvalue weighted by atomic mass is 32.1. The van der Waals surface area contributed by atoms with Gasteiger partial charge in [0.1, 0.15) is 11.1 Å². The number of rotatable bonds is 6. The van der Waals surface area contributed by atoms with Gasteiger partial charge in [0, 0.05) is 54.2 Å². The fourth-order valence-electron chi connectivity index (χ4n) is 4.20. The Balaban J connectivity index is 1.37. The molecule has 0 amide bonds. The highest BCUT2D eigenvalue weighted by Crippen LogP contribution is 2.34. The molecule has 1 atom stereocenters. The van der Waals surface area contributed by atoms with Crippen molar-refractivity contribution in [1.29, 1.82) is 5.26 Å². The Labute approximate surface area is 186 Å². The minimum atomic E-state index is 0.00292. The van der Waals surface area contributed by atoms with Gasteiger partial charge in [0.2, 0.25) is 0 Å². The minimum Gasteiger partial charge on any atom is -0.368 e. The van der Waals surface area contributed by atoms with E-state index in [9.17, 15) is 0 Å². The van der Waals surface area contributed by atoms with E-state index in [4.69, 9.17) is 15.0 Å². The first-order valence-corrected chi connectivity index (χ1v) is 11.5. The molecule has 3 heterocycles. The summed E-state index contributed by atoms with van der Waals surface area (Å²) in [5, 5.41) is 13.3. The van der Waals surface area contributed by atoms with Crippen LogP contribution in [0.15, 0.2) is 66.2 Å². The van der Waals surface area contributed by atoms with Crippen molar-refractivity contribution in [2.24, 2.45) is 0 Å². The Hall–Kier alpha value is -2.98. The zero-order valence-electron chi connectivity index (χ0n) is 17.3. The third-order valence-electron chi connectivity index (χ3n) is 5.73. The zero-order chi connectivity index (χ0) is 21.0. The van der Waals surface area contributed by atoms with Gasteiger partial charge in [0.15, 0.2) is 0 Å². The first-order valence-electron chi connectivity index (χ1n) is 10.6. The SMILES string of the molecule is N#CCCn1cc(-c2csc(C3CN(Cc4ccccc4)CCO3)n2)c2ccccc21. The van der Waals surface area contributed by atoms with E-state index in [1.165, 1.54) is 10.9 Å². The summed E-state index contributed by atoms with van der Waals surface area (Å²) in [6, 6.07) is 21.2. The maximum absolute atomic E-state index is 8.99. The van der Waals surface area contributed by atoms with Crippen molar-refractivity contribution >= 4 is 22.2 Å². The molecule has 1 fully saturated rings. The molecule has 0 radical (unpaired) electrons. The number of nitrogens with zero attached hydrogens (tertiary/aromatic N) is 4. The molecule has 4 aromatic rings. The van der Waals surface area contributed by atoms with Crippen LogP contribution in [-0.4, -0.2) is 34.1 Å². The predicted octanol–water partition coefficient (Wildman–Crippen LogP) is 5.25. The fourth-order valence-corrected chi connectivity index (χ4v) is 5.06. The average Bonchev–Trinajstić information content (AvgIpc) is 3.44. The fraction of sp³-hybridized carbons (Fsp3) is 0.280. The van der Waals surface area contributed by atoms with Crippen LogP contribution < -0.4 is 0 Å². The van der Waals surface area contributed by atoms with E-state index in [0.29, 0.717) is 13.0 Å². The lowest BCUT2D eigenvalue weighted by Gasteiger charge is -2.31. The van der Waals surface area contributed by atoms with E-state index in [2.05, 4.69) is 75.6 Å². The predicted molar refractivity (Wildman–Crippen MR) is 124 cm³/mol. The van der Waals surface area contributed by atoms with Gasteiger partial charge >= 0.3 is 0 Å². The van der Waals surface area contributed by atoms with Crippen molar-refractivity contribution in [2.45, 2.75) is 25.6 Å². The molecule has 156 valence electrons. The number of para-hydroxylation sites is 1. The van der Waals surface area contributed by atoms with Crippen LogP contribution >= 0.6 is 11.3 Å². The molecule has 5 rings (SSSR count). The molecular weight excluding hydrogens is 404 g/mol. The molecule has 31 heavy (non-hydrogen) atoms. The molecule has 1 aliphatic heterocycles. The number of aryl methyl sites for hydroxylation is 1. The van der Waals surface area contributed by atoms with Crippen LogP contribution in [0, 0.1) is 11.3 Å². The van der Waals surface area contributed by atoms with Gasteiger partial charge in [0.25, 0.3) is 0 Å². The zero-order valence-corrected chi connectivity index (χ0v) is 18.1. The first-order chi connectivity index (χ1) is 15.3. The standard InChI is InChI=1S/C25H24N4OS/c26-11-6-12-29-16-21(20-9-4-5-10-23(20)29)22-18-31-25(27-22)24-17-28(13-14-30-24)15-19-7-2-1-3-8-19/h1-5,7-10,16,18,24H,6,12-15,17H2. The molecule has 0 spiro atoms. The summed E-state index contributed by atoms with van der Waals surface area (Å²) in [4.78, 5) is 7.42. The van der Waals surface area contributed by atoms with Crippen LogP contribution in [0.1, 0.15) is 23.1 Å². The lowest BCUT2D eigenvalue weighted by atomic mass is 10.1. The van der Waals surface area contributed by atoms with Gasteiger partial charge in [0.05, 0.1) is 24.8 Å². The summed E-state index contributed by atoms with van der Waals surface area (Å²) in [6.07, 6.45) is 2.63. The second-order valence-corrected chi connectivity index (χ2v) is 8.70.